The van der Waals surface area contributed by atoms with Gasteiger partial charge in [0.25, 0.3) is 0 Å². The number of nitrogens with zero attached hydrogens (tertiary/aromatic N) is 3. The fourth-order valence-electron chi connectivity index (χ4n) is 4.18. The average Bonchev–Trinajstić information content (AvgIpc) is 3.23. The number of carbonyl (C=O) groups excluding carboxylic acids is 1. The molecule has 2 aliphatic rings. The van der Waals surface area contributed by atoms with E-state index in [2.05, 4.69) is 27.1 Å². The van der Waals surface area contributed by atoms with Crippen molar-refractivity contribution in [3.8, 4) is 0 Å². The van der Waals surface area contributed by atoms with E-state index in [1.54, 1.807) is 22.8 Å². The Bertz CT molecular complexity index is 1480. The van der Waals surface area contributed by atoms with Crippen LogP contribution in [0.2, 0.25) is 0 Å². The van der Waals surface area contributed by atoms with Crippen molar-refractivity contribution in [3.63, 3.8) is 0 Å². The molecule has 3 N–H and O–H groups in total. The van der Waals surface area contributed by atoms with Crippen LogP contribution in [0.25, 0.3) is 11.2 Å². The van der Waals surface area contributed by atoms with Crippen molar-refractivity contribution < 1.29 is 13.6 Å². The molecule has 0 saturated carbocycles. The molecule has 7 nitrogen and oxygen atoms in total. The van der Waals surface area contributed by atoms with Gasteiger partial charge >= 0.3 is 6.03 Å². The monoisotopic (exact) mass is 520 g/mol. The molecule has 2 amide bonds. The number of benzene rings is 1. The second-order valence-corrected chi connectivity index (χ2v) is 9.37. The van der Waals surface area contributed by atoms with Crippen LogP contribution in [0.15, 0.2) is 77.4 Å². The Hall–Kier alpha value is -3.92. The number of hydrogen-bond donors (Lipinski definition) is 3. The molecule has 2 aromatic heterocycles. The molecule has 0 aliphatic heterocycles. The van der Waals surface area contributed by atoms with Gasteiger partial charge in [-0.3, -0.25) is 0 Å². The van der Waals surface area contributed by atoms with Gasteiger partial charge in [0, 0.05) is 47.2 Å². The summed E-state index contributed by atoms with van der Waals surface area (Å²) in [7, 11) is 1.96. The maximum Gasteiger partial charge on any atom is 0.323 e. The summed E-state index contributed by atoms with van der Waals surface area (Å²) < 4.78 is 28.6. The largest absolute Gasteiger partial charge is 0.366 e. The lowest BCUT2D eigenvalue weighted by molar-refractivity contribution is 0.254. The minimum atomic E-state index is -1.46. The van der Waals surface area contributed by atoms with Crippen LogP contribution in [0, 0.1) is 0 Å². The number of aromatic nitrogens is 3. The van der Waals surface area contributed by atoms with Crippen LogP contribution in [0.5, 0.6) is 0 Å². The maximum absolute atomic E-state index is 13.5. The van der Waals surface area contributed by atoms with E-state index in [9.17, 15) is 13.6 Å². The van der Waals surface area contributed by atoms with Crippen molar-refractivity contribution in [1.29, 1.82) is 0 Å². The van der Waals surface area contributed by atoms with Gasteiger partial charge in [0.2, 0.25) is 0 Å². The van der Waals surface area contributed by atoms with E-state index in [0.29, 0.717) is 12.2 Å². The molecule has 0 fully saturated rings. The molecule has 5 rings (SSSR count). The van der Waals surface area contributed by atoms with E-state index >= 15 is 0 Å². The van der Waals surface area contributed by atoms with Gasteiger partial charge in [0.1, 0.15) is 25.7 Å². The van der Waals surface area contributed by atoms with Gasteiger partial charge in [0.05, 0.1) is 5.69 Å². The summed E-state index contributed by atoms with van der Waals surface area (Å²) in [5.74, 6) is 0.166. The average molecular weight is 521 g/mol. The molecule has 2 aliphatic carbocycles. The predicted octanol–water partition coefficient (Wildman–Crippen LogP) is 4.50. The molecular weight excluding hydrogens is 497 g/mol. The van der Waals surface area contributed by atoms with Crippen molar-refractivity contribution in [2.75, 3.05) is 10.6 Å². The number of carbonyl (C=O) groups is 1. The summed E-state index contributed by atoms with van der Waals surface area (Å²) in [4.78, 5) is 17.0. The fraction of sp³-hybridized carbons (Fsp3) is 0.192. The zero-order chi connectivity index (χ0) is 25.9. The highest BCUT2D eigenvalue weighted by Crippen LogP contribution is 2.30. The lowest BCUT2D eigenvalue weighted by atomic mass is 10.00. The summed E-state index contributed by atoms with van der Waals surface area (Å²) in [6, 6.07) is 8.60. The van der Waals surface area contributed by atoms with Crippen molar-refractivity contribution in [3.05, 3.63) is 88.6 Å². The molecule has 188 valence electrons. The summed E-state index contributed by atoms with van der Waals surface area (Å²) in [6.45, 7) is 0.501. The second-order valence-electron chi connectivity index (χ2n) is 8.91. The number of alkyl halides is 1. The number of rotatable bonds is 6. The van der Waals surface area contributed by atoms with Gasteiger partial charge in [-0.05, 0) is 48.2 Å². The van der Waals surface area contributed by atoms with Crippen LogP contribution in [-0.4, -0.2) is 34.6 Å². The fourth-order valence-corrected chi connectivity index (χ4v) is 4.45. The smallest absolute Gasteiger partial charge is 0.323 e. The van der Waals surface area contributed by atoms with Crippen molar-refractivity contribution in [2.45, 2.75) is 32.0 Å². The van der Waals surface area contributed by atoms with Crippen LogP contribution in [-0.2, 0) is 6.54 Å². The van der Waals surface area contributed by atoms with E-state index in [-0.39, 0.29) is 12.1 Å². The van der Waals surface area contributed by atoms with E-state index in [0.717, 1.165) is 57.7 Å². The highest BCUT2D eigenvalue weighted by molar-refractivity contribution is 6.36. The first-order valence-corrected chi connectivity index (χ1v) is 12.3. The molecule has 2 heterocycles. The quantitative estimate of drug-likeness (QED) is 0.418. The number of allylic oxidation sites excluding steroid dienone is 7. The zero-order valence-corrected chi connectivity index (χ0v) is 20.8. The third-order valence-electron chi connectivity index (χ3n) is 6.04. The van der Waals surface area contributed by atoms with Crippen LogP contribution in [0.1, 0.15) is 30.5 Å². The third kappa shape index (κ3) is 5.75. The molecule has 0 saturated heterocycles. The Morgan fingerprint density at radius 2 is 2.05 bits per heavy atom. The topological polar surface area (TPSA) is 83.3 Å². The van der Waals surface area contributed by atoms with Crippen molar-refractivity contribution in [1.82, 2.24) is 19.9 Å². The molecule has 1 aromatic carbocycles. The first-order chi connectivity index (χ1) is 17.9. The van der Waals surface area contributed by atoms with Crippen LogP contribution < -0.4 is 21.4 Å². The number of halogens is 3. The molecule has 0 bridgehead atoms. The summed E-state index contributed by atoms with van der Waals surface area (Å²) in [5.41, 5.74) is 5.01. The van der Waals surface area contributed by atoms with Crippen LogP contribution >= 0.6 is 11.6 Å². The van der Waals surface area contributed by atoms with Crippen molar-refractivity contribution >= 4 is 53.7 Å². The number of hydrogen-bond acceptors (Lipinski definition) is 4. The Labute approximate surface area is 218 Å². The number of fused-ring (bicyclic) bond motifs is 1. The van der Waals surface area contributed by atoms with E-state index < -0.39 is 18.0 Å². The van der Waals surface area contributed by atoms with Gasteiger partial charge in [-0.15, -0.1) is 0 Å². The first-order valence-electron chi connectivity index (χ1n) is 11.9. The minimum absolute atomic E-state index is 0.0900. The number of anilines is 2. The molecule has 0 spiro atoms. The van der Waals surface area contributed by atoms with E-state index in [1.807, 2.05) is 32.1 Å². The zero-order valence-electron chi connectivity index (χ0n) is 20.1. The molecular formula is C26H24BClF2N6O. The van der Waals surface area contributed by atoms with Crippen LogP contribution in [0.4, 0.5) is 25.1 Å². The summed E-state index contributed by atoms with van der Waals surface area (Å²) in [6.07, 6.45) is 8.11. The molecule has 1 atom stereocenters. The molecule has 1 unspecified atom stereocenters. The maximum atomic E-state index is 13.5. The SMILES string of the molecule is Bc1cnn2c(NCc3ccc(NC(=O)NC4=CC(F)CC(F)=C4)cc3)cc(C3=C(Cl)CCC=C3)nc12. The van der Waals surface area contributed by atoms with Gasteiger partial charge in [-0.2, -0.15) is 9.61 Å². The third-order valence-corrected chi connectivity index (χ3v) is 6.43. The Kier molecular flexibility index (Phi) is 7.09. The first kappa shape index (κ1) is 24.8. The Morgan fingerprint density at radius 3 is 2.81 bits per heavy atom. The standard InChI is InChI=1S/C26H24BClF2N6O/c27-21-14-32-36-24(12-23(35-25(21)36)20-3-1-2-4-22(20)28)31-13-15-5-7-18(8-6-15)33-26(37)34-19-10-16(29)9-17(30)11-19/h1,3,5-8,10-12,14,16,31H,2,4,9,13,27H2,(H2,33,34,37). The van der Waals surface area contributed by atoms with Gasteiger partial charge in [-0.1, -0.05) is 35.9 Å². The van der Waals surface area contributed by atoms with E-state index in [1.165, 1.54) is 6.08 Å². The number of urea groups is 1. The predicted molar refractivity (Wildman–Crippen MR) is 145 cm³/mol. The minimum Gasteiger partial charge on any atom is -0.366 e. The van der Waals surface area contributed by atoms with Gasteiger partial charge < -0.3 is 16.0 Å². The van der Waals surface area contributed by atoms with Gasteiger partial charge in [0.15, 0.2) is 5.65 Å². The van der Waals surface area contributed by atoms with E-state index in [4.69, 9.17) is 16.6 Å². The highest BCUT2D eigenvalue weighted by atomic mass is 35.5. The lowest BCUT2D eigenvalue weighted by Gasteiger charge is -2.15. The van der Waals surface area contributed by atoms with Crippen LogP contribution in [0.3, 0.4) is 0 Å². The molecule has 3 aromatic rings. The summed E-state index contributed by atoms with van der Waals surface area (Å²) in [5, 5.41) is 13.8. The second kappa shape index (κ2) is 10.6. The molecule has 11 heteroatoms. The molecule has 37 heavy (non-hydrogen) atoms. The highest BCUT2D eigenvalue weighted by Gasteiger charge is 2.17. The Morgan fingerprint density at radius 1 is 1.24 bits per heavy atom. The normalized spacial score (nSPS) is 17.4. The molecule has 0 radical (unpaired) electrons. The lowest BCUT2D eigenvalue weighted by Crippen LogP contribution is -2.29. The Balaban J connectivity index is 1.27. The number of nitrogens with one attached hydrogen (secondary N) is 3. The van der Waals surface area contributed by atoms with Crippen molar-refractivity contribution in [2.24, 2.45) is 0 Å². The number of amides is 2. The van der Waals surface area contributed by atoms with Gasteiger partial charge in [-0.25, -0.2) is 18.6 Å². The summed E-state index contributed by atoms with van der Waals surface area (Å²) >= 11 is 6.50.